The number of pyridine rings is 1. The molecule has 1 fully saturated rings. The lowest BCUT2D eigenvalue weighted by atomic mass is 10.1. The Morgan fingerprint density at radius 3 is 2.90 bits per heavy atom. The Labute approximate surface area is 119 Å². The minimum absolute atomic E-state index is 0.196. The number of anilines is 1. The number of nitrogens with zero attached hydrogens (tertiary/aromatic N) is 2. The van der Waals surface area contributed by atoms with Crippen LogP contribution in [0.25, 0.3) is 0 Å². The Hall–Kier alpha value is -1.62. The Bertz CT molecular complexity index is 488. The Balaban J connectivity index is 2.32. The minimum Gasteiger partial charge on any atom is -0.478 e. The van der Waals surface area contributed by atoms with Gasteiger partial charge >= 0.3 is 5.97 Å². The van der Waals surface area contributed by atoms with E-state index in [4.69, 9.17) is 4.74 Å². The molecule has 20 heavy (non-hydrogen) atoms. The molecule has 0 saturated carbocycles. The van der Waals surface area contributed by atoms with Gasteiger partial charge in [0.2, 0.25) is 0 Å². The standard InChI is InChI=1S/C15H22N2O3/c1-4-12-9-17(5-6-20-12)14-8-11(15(18)19)7-13(16-14)10(2)3/h7-8,10,12H,4-6,9H2,1-3H3,(H,18,19). The highest BCUT2D eigenvalue weighted by molar-refractivity contribution is 5.88. The van der Waals surface area contributed by atoms with Gasteiger partial charge in [0.05, 0.1) is 18.3 Å². The molecule has 1 aromatic heterocycles. The monoisotopic (exact) mass is 278 g/mol. The molecular weight excluding hydrogens is 256 g/mol. The second-order valence-electron chi connectivity index (χ2n) is 5.45. The van der Waals surface area contributed by atoms with Crippen molar-refractivity contribution in [2.45, 2.75) is 39.2 Å². The van der Waals surface area contributed by atoms with Gasteiger partial charge in [-0.3, -0.25) is 0 Å². The third-order valence-electron chi connectivity index (χ3n) is 3.59. The molecule has 1 N–H and O–H groups in total. The van der Waals surface area contributed by atoms with Crippen molar-refractivity contribution in [1.29, 1.82) is 0 Å². The summed E-state index contributed by atoms with van der Waals surface area (Å²) in [6.07, 6.45) is 1.15. The fraction of sp³-hybridized carbons (Fsp3) is 0.600. The van der Waals surface area contributed by atoms with Gasteiger partial charge in [0, 0.05) is 18.8 Å². The van der Waals surface area contributed by atoms with Crippen LogP contribution in [0.2, 0.25) is 0 Å². The molecule has 0 amide bonds. The summed E-state index contributed by atoms with van der Waals surface area (Å²) in [6.45, 7) is 8.31. The van der Waals surface area contributed by atoms with Crippen molar-refractivity contribution in [2.75, 3.05) is 24.6 Å². The maximum Gasteiger partial charge on any atom is 0.335 e. The van der Waals surface area contributed by atoms with E-state index < -0.39 is 5.97 Å². The van der Waals surface area contributed by atoms with Gasteiger partial charge in [-0.05, 0) is 24.5 Å². The average molecular weight is 278 g/mol. The fourth-order valence-corrected chi connectivity index (χ4v) is 2.29. The second kappa shape index (κ2) is 6.22. The van der Waals surface area contributed by atoms with Crippen LogP contribution in [0.1, 0.15) is 49.2 Å². The number of hydrogen-bond acceptors (Lipinski definition) is 4. The number of hydrogen-bond donors (Lipinski definition) is 1. The van der Waals surface area contributed by atoms with E-state index in [2.05, 4.69) is 16.8 Å². The van der Waals surface area contributed by atoms with Crippen LogP contribution in [0, 0.1) is 0 Å². The molecule has 2 heterocycles. The average Bonchev–Trinajstić information content (AvgIpc) is 2.46. The number of ether oxygens (including phenoxy) is 1. The second-order valence-corrected chi connectivity index (χ2v) is 5.45. The summed E-state index contributed by atoms with van der Waals surface area (Å²) in [7, 11) is 0. The smallest absolute Gasteiger partial charge is 0.335 e. The van der Waals surface area contributed by atoms with Gasteiger partial charge in [-0.1, -0.05) is 20.8 Å². The summed E-state index contributed by atoms with van der Waals surface area (Å²) in [5.41, 5.74) is 1.12. The van der Waals surface area contributed by atoms with Gasteiger partial charge in [0.15, 0.2) is 0 Å². The van der Waals surface area contributed by atoms with Crippen LogP contribution in [0.4, 0.5) is 5.82 Å². The topological polar surface area (TPSA) is 62.7 Å². The number of carboxylic acids is 1. The summed E-state index contributed by atoms with van der Waals surface area (Å²) in [4.78, 5) is 18.0. The highest BCUT2D eigenvalue weighted by Crippen LogP contribution is 2.22. The van der Waals surface area contributed by atoms with E-state index in [1.165, 1.54) is 0 Å². The Morgan fingerprint density at radius 1 is 1.55 bits per heavy atom. The van der Waals surface area contributed by atoms with E-state index in [1.54, 1.807) is 12.1 Å². The van der Waals surface area contributed by atoms with Crippen molar-refractivity contribution < 1.29 is 14.6 Å². The van der Waals surface area contributed by atoms with Crippen LogP contribution in [0.3, 0.4) is 0 Å². The number of aromatic nitrogens is 1. The lowest BCUT2D eigenvalue weighted by molar-refractivity contribution is 0.0381. The maximum absolute atomic E-state index is 11.3. The molecule has 0 bridgehead atoms. The van der Waals surface area contributed by atoms with Crippen molar-refractivity contribution in [1.82, 2.24) is 4.98 Å². The summed E-state index contributed by atoms with van der Waals surface area (Å²) in [6, 6.07) is 3.32. The molecule has 1 atom stereocenters. The fourth-order valence-electron chi connectivity index (χ4n) is 2.29. The predicted octanol–water partition coefficient (Wildman–Crippen LogP) is 2.52. The van der Waals surface area contributed by atoms with E-state index in [0.29, 0.717) is 12.2 Å². The first-order valence-electron chi connectivity index (χ1n) is 7.13. The number of morpholine rings is 1. The molecule has 0 aliphatic carbocycles. The summed E-state index contributed by atoms with van der Waals surface area (Å²) in [5.74, 6) is 0.0438. The molecule has 0 radical (unpaired) electrons. The normalized spacial score (nSPS) is 19.4. The highest BCUT2D eigenvalue weighted by Gasteiger charge is 2.22. The zero-order chi connectivity index (χ0) is 14.7. The van der Waals surface area contributed by atoms with Crippen LogP contribution in [-0.4, -0.2) is 41.9 Å². The third kappa shape index (κ3) is 3.28. The highest BCUT2D eigenvalue weighted by atomic mass is 16.5. The molecule has 1 unspecified atom stereocenters. The lowest BCUT2D eigenvalue weighted by Gasteiger charge is -2.33. The molecule has 1 saturated heterocycles. The molecule has 1 aliphatic heterocycles. The van der Waals surface area contributed by atoms with E-state index in [1.807, 2.05) is 13.8 Å². The van der Waals surface area contributed by atoms with Gasteiger partial charge in [0.1, 0.15) is 5.82 Å². The predicted molar refractivity (Wildman–Crippen MR) is 77.5 cm³/mol. The molecule has 0 spiro atoms. The molecule has 1 aliphatic rings. The van der Waals surface area contributed by atoms with Crippen LogP contribution >= 0.6 is 0 Å². The molecule has 1 aromatic rings. The van der Waals surface area contributed by atoms with Crippen molar-refractivity contribution >= 4 is 11.8 Å². The van der Waals surface area contributed by atoms with E-state index in [-0.39, 0.29) is 12.0 Å². The SMILES string of the molecule is CCC1CN(c2cc(C(=O)O)cc(C(C)C)n2)CCO1. The number of carbonyl (C=O) groups is 1. The quantitative estimate of drug-likeness (QED) is 0.917. The van der Waals surface area contributed by atoms with Gasteiger partial charge in [-0.2, -0.15) is 0 Å². The van der Waals surface area contributed by atoms with Crippen LogP contribution in [-0.2, 0) is 4.74 Å². The first kappa shape index (κ1) is 14.8. The van der Waals surface area contributed by atoms with Gasteiger partial charge in [-0.15, -0.1) is 0 Å². The summed E-state index contributed by atoms with van der Waals surface area (Å²) < 4.78 is 5.65. The lowest BCUT2D eigenvalue weighted by Crippen LogP contribution is -2.42. The number of aromatic carboxylic acids is 1. The number of rotatable bonds is 4. The van der Waals surface area contributed by atoms with Crippen LogP contribution in [0.5, 0.6) is 0 Å². The molecular formula is C15H22N2O3. The molecule has 110 valence electrons. The largest absolute Gasteiger partial charge is 0.478 e. The third-order valence-corrected chi connectivity index (χ3v) is 3.59. The van der Waals surface area contributed by atoms with Crippen molar-refractivity contribution in [3.63, 3.8) is 0 Å². The van der Waals surface area contributed by atoms with E-state index >= 15 is 0 Å². The maximum atomic E-state index is 11.3. The van der Waals surface area contributed by atoms with Gasteiger partial charge in [0.25, 0.3) is 0 Å². The van der Waals surface area contributed by atoms with E-state index in [9.17, 15) is 9.90 Å². The van der Waals surface area contributed by atoms with Crippen molar-refractivity contribution in [3.8, 4) is 0 Å². The minimum atomic E-state index is -0.907. The van der Waals surface area contributed by atoms with Crippen LogP contribution < -0.4 is 4.90 Å². The molecule has 2 rings (SSSR count). The Kier molecular flexibility index (Phi) is 4.60. The zero-order valence-corrected chi connectivity index (χ0v) is 12.3. The Morgan fingerprint density at radius 2 is 2.30 bits per heavy atom. The first-order valence-corrected chi connectivity index (χ1v) is 7.13. The summed E-state index contributed by atoms with van der Waals surface area (Å²) in [5, 5.41) is 9.24. The van der Waals surface area contributed by atoms with Gasteiger partial charge < -0.3 is 14.7 Å². The summed E-state index contributed by atoms with van der Waals surface area (Å²) >= 11 is 0. The van der Waals surface area contributed by atoms with E-state index in [0.717, 1.165) is 31.0 Å². The van der Waals surface area contributed by atoms with Crippen LogP contribution in [0.15, 0.2) is 12.1 Å². The molecule has 5 heteroatoms. The van der Waals surface area contributed by atoms with Gasteiger partial charge in [-0.25, -0.2) is 9.78 Å². The first-order chi connectivity index (χ1) is 9.51. The molecule has 0 aromatic carbocycles. The number of carboxylic acid groups (broad SMARTS) is 1. The van der Waals surface area contributed by atoms with Crippen molar-refractivity contribution in [3.05, 3.63) is 23.4 Å². The zero-order valence-electron chi connectivity index (χ0n) is 12.3. The molecule has 5 nitrogen and oxygen atoms in total. The van der Waals surface area contributed by atoms with Crippen molar-refractivity contribution in [2.24, 2.45) is 0 Å².